The van der Waals surface area contributed by atoms with Crippen molar-refractivity contribution in [3.63, 3.8) is 0 Å². The highest BCUT2D eigenvalue weighted by Gasteiger charge is 2.18. The predicted molar refractivity (Wildman–Crippen MR) is 98.5 cm³/mol. The van der Waals surface area contributed by atoms with Crippen molar-refractivity contribution >= 4 is 23.3 Å². The van der Waals surface area contributed by atoms with Gasteiger partial charge in [0, 0.05) is 17.6 Å². The maximum absolute atomic E-state index is 12.7. The number of nitrogens with one attached hydrogen (secondary N) is 1. The van der Waals surface area contributed by atoms with E-state index in [0.29, 0.717) is 29.4 Å². The minimum atomic E-state index is -0.188. The number of aromatic nitrogens is 4. The third kappa shape index (κ3) is 3.44. The smallest absolute Gasteiger partial charge is 0.260 e. The van der Waals surface area contributed by atoms with Crippen LogP contribution in [-0.2, 0) is 13.0 Å². The zero-order chi connectivity index (χ0) is 18.0. The van der Waals surface area contributed by atoms with Gasteiger partial charge in [-0.05, 0) is 44.5 Å². The third-order valence-electron chi connectivity index (χ3n) is 3.96. The van der Waals surface area contributed by atoms with Gasteiger partial charge >= 0.3 is 0 Å². The fraction of sp³-hybridized carbons (Fsp3) is 0.278. The van der Waals surface area contributed by atoms with Crippen LogP contribution in [0.4, 0.5) is 5.82 Å². The van der Waals surface area contributed by atoms with Crippen LogP contribution in [-0.4, -0.2) is 25.5 Å². The monoisotopic (exact) mass is 357 g/mol. The van der Waals surface area contributed by atoms with Gasteiger partial charge < -0.3 is 5.32 Å². The van der Waals surface area contributed by atoms with Gasteiger partial charge in [0.1, 0.15) is 5.82 Å². The Hall–Kier alpha value is -2.60. The van der Waals surface area contributed by atoms with Gasteiger partial charge in [0.2, 0.25) is 0 Å². The lowest BCUT2D eigenvalue weighted by molar-refractivity contribution is 0.102. The summed E-state index contributed by atoms with van der Waals surface area (Å²) in [6, 6.07) is 9.23. The van der Waals surface area contributed by atoms with E-state index < -0.39 is 0 Å². The molecule has 1 aromatic carbocycles. The average molecular weight is 358 g/mol. The van der Waals surface area contributed by atoms with Gasteiger partial charge in [0.25, 0.3) is 5.91 Å². The maximum atomic E-state index is 12.7. The van der Waals surface area contributed by atoms with Crippen LogP contribution in [0.15, 0.2) is 36.5 Å². The number of hydrogen-bond donors (Lipinski definition) is 1. The Morgan fingerprint density at radius 1 is 1.24 bits per heavy atom. The van der Waals surface area contributed by atoms with E-state index in [1.807, 2.05) is 39.0 Å². The zero-order valence-electron chi connectivity index (χ0n) is 14.5. The predicted octanol–water partition coefficient (Wildman–Crippen LogP) is 3.87. The van der Waals surface area contributed by atoms with Crippen molar-refractivity contribution in [2.45, 2.75) is 33.7 Å². The first kappa shape index (κ1) is 17.2. The van der Waals surface area contributed by atoms with E-state index in [1.54, 1.807) is 27.7 Å². The van der Waals surface area contributed by atoms with Gasteiger partial charge in [-0.1, -0.05) is 18.5 Å². The van der Waals surface area contributed by atoms with E-state index >= 15 is 0 Å². The molecule has 1 N–H and O–H groups in total. The highest BCUT2D eigenvalue weighted by atomic mass is 35.5. The molecule has 0 radical (unpaired) electrons. The lowest BCUT2D eigenvalue weighted by Gasteiger charge is -2.09. The van der Waals surface area contributed by atoms with Crippen LogP contribution in [0.2, 0.25) is 5.02 Å². The van der Waals surface area contributed by atoms with Gasteiger partial charge in [-0.2, -0.15) is 10.2 Å². The summed E-state index contributed by atoms with van der Waals surface area (Å²) in [5.74, 6) is 0.498. The Morgan fingerprint density at radius 3 is 2.60 bits per heavy atom. The fourth-order valence-electron chi connectivity index (χ4n) is 2.78. The molecular weight excluding hydrogens is 338 g/mol. The van der Waals surface area contributed by atoms with Crippen molar-refractivity contribution in [2.24, 2.45) is 0 Å². The van der Waals surface area contributed by atoms with Crippen LogP contribution in [0.3, 0.4) is 0 Å². The van der Waals surface area contributed by atoms with E-state index in [2.05, 4.69) is 15.5 Å². The molecule has 130 valence electrons. The molecule has 25 heavy (non-hydrogen) atoms. The molecule has 0 unspecified atom stereocenters. The molecular formula is C18H20ClN5O. The molecule has 0 atom stereocenters. The van der Waals surface area contributed by atoms with E-state index in [9.17, 15) is 4.79 Å². The molecule has 0 aliphatic rings. The minimum Gasteiger partial charge on any atom is -0.307 e. The van der Waals surface area contributed by atoms with E-state index in [-0.39, 0.29) is 5.91 Å². The number of aryl methyl sites for hydroxylation is 2. The number of benzene rings is 1. The second-order valence-electron chi connectivity index (χ2n) is 5.69. The van der Waals surface area contributed by atoms with Crippen molar-refractivity contribution in [2.75, 3.05) is 5.32 Å². The Balaban J connectivity index is 1.92. The average Bonchev–Trinajstić information content (AvgIpc) is 3.18. The molecule has 0 fully saturated rings. The number of anilines is 1. The van der Waals surface area contributed by atoms with Crippen LogP contribution < -0.4 is 5.32 Å². The lowest BCUT2D eigenvalue weighted by Crippen LogP contribution is -2.17. The van der Waals surface area contributed by atoms with Crippen LogP contribution in [0.1, 0.15) is 35.6 Å². The number of carbonyl (C=O) groups excluding carboxylic acids is 1. The van der Waals surface area contributed by atoms with Crippen LogP contribution in [0.25, 0.3) is 5.69 Å². The van der Waals surface area contributed by atoms with E-state index in [1.165, 1.54) is 0 Å². The summed E-state index contributed by atoms with van der Waals surface area (Å²) in [5, 5.41) is 12.3. The summed E-state index contributed by atoms with van der Waals surface area (Å²) in [6.07, 6.45) is 2.28. The summed E-state index contributed by atoms with van der Waals surface area (Å²) < 4.78 is 3.54. The molecule has 2 aromatic heterocycles. The molecule has 0 bridgehead atoms. The lowest BCUT2D eigenvalue weighted by atomic mass is 10.2. The number of halogens is 1. The van der Waals surface area contributed by atoms with Crippen LogP contribution in [0.5, 0.6) is 0 Å². The molecule has 0 aliphatic heterocycles. The first-order valence-corrected chi connectivity index (χ1v) is 8.60. The highest BCUT2D eigenvalue weighted by Crippen LogP contribution is 2.19. The molecule has 6 nitrogen and oxygen atoms in total. The number of amides is 1. The molecule has 0 saturated carbocycles. The normalized spacial score (nSPS) is 10.9. The highest BCUT2D eigenvalue weighted by molar-refractivity contribution is 6.30. The molecule has 0 saturated heterocycles. The number of nitrogens with zero attached hydrogens (tertiary/aromatic N) is 4. The van der Waals surface area contributed by atoms with Gasteiger partial charge in [-0.15, -0.1) is 0 Å². The maximum Gasteiger partial charge on any atom is 0.260 e. The van der Waals surface area contributed by atoms with Gasteiger partial charge in [0.05, 0.1) is 28.8 Å². The number of hydrogen-bond acceptors (Lipinski definition) is 3. The molecule has 2 heterocycles. The molecule has 3 aromatic rings. The Kier molecular flexibility index (Phi) is 4.90. The van der Waals surface area contributed by atoms with Gasteiger partial charge in [-0.3, -0.25) is 4.79 Å². The quantitative estimate of drug-likeness (QED) is 0.754. The van der Waals surface area contributed by atoms with Crippen molar-refractivity contribution < 1.29 is 4.79 Å². The van der Waals surface area contributed by atoms with Crippen LogP contribution in [0, 0.1) is 6.92 Å². The molecule has 0 aliphatic carbocycles. The minimum absolute atomic E-state index is 0.188. The Bertz CT molecular complexity index is 895. The second-order valence-corrected chi connectivity index (χ2v) is 6.12. The summed E-state index contributed by atoms with van der Waals surface area (Å²) in [5.41, 5.74) is 3.14. The summed E-state index contributed by atoms with van der Waals surface area (Å²) in [4.78, 5) is 12.7. The standard InChI is InChI=1S/C18H20ClN5O/c1-4-16-15(11-20-24(16)14-8-6-13(19)7-9-14)18(25)21-17-10-12(3)22-23(17)5-2/h6-11H,4-5H2,1-3H3,(H,21,25). The van der Waals surface area contributed by atoms with Crippen molar-refractivity contribution in [3.05, 3.63) is 58.5 Å². The summed E-state index contributed by atoms with van der Waals surface area (Å²) >= 11 is 5.95. The topological polar surface area (TPSA) is 64.7 Å². The first-order valence-electron chi connectivity index (χ1n) is 8.22. The molecule has 0 spiro atoms. The number of carbonyl (C=O) groups is 1. The molecule has 1 amide bonds. The summed E-state index contributed by atoms with van der Waals surface area (Å²) in [7, 11) is 0. The van der Waals surface area contributed by atoms with Crippen LogP contribution >= 0.6 is 11.6 Å². The van der Waals surface area contributed by atoms with E-state index in [4.69, 9.17) is 11.6 Å². The molecule has 7 heteroatoms. The van der Waals surface area contributed by atoms with Crippen molar-refractivity contribution in [1.82, 2.24) is 19.6 Å². The van der Waals surface area contributed by atoms with Crippen molar-refractivity contribution in [1.29, 1.82) is 0 Å². The number of rotatable bonds is 5. The van der Waals surface area contributed by atoms with Gasteiger partial charge in [0.15, 0.2) is 0 Å². The molecule has 3 rings (SSSR count). The SMILES string of the molecule is CCc1c(C(=O)Nc2cc(C)nn2CC)cnn1-c1ccc(Cl)cc1. The Morgan fingerprint density at radius 2 is 1.96 bits per heavy atom. The van der Waals surface area contributed by atoms with Crippen molar-refractivity contribution in [3.8, 4) is 5.69 Å². The van der Waals surface area contributed by atoms with E-state index in [0.717, 1.165) is 17.1 Å². The summed E-state index contributed by atoms with van der Waals surface area (Å²) in [6.45, 7) is 6.57. The third-order valence-corrected chi connectivity index (χ3v) is 4.21. The fourth-order valence-corrected chi connectivity index (χ4v) is 2.91. The largest absolute Gasteiger partial charge is 0.307 e. The van der Waals surface area contributed by atoms with Gasteiger partial charge in [-0.25, -0.2) is 9.36 Å². The second kappa shape index (κ2) is 7.11. The first-order chi connectivity index (χ1) is 12.0. The zero-order valence-corrected chi connectivity index (χ0v) is 15.2. The Labute approximate surface area is 151 Å².